The minimum absolute atomic E-state index is 0.175. The Kier molecular flexibility index (Phi) is 3.34. The average molecular weight is 229 g/mol. The molecule has 0 fully saturated rings. The Morgan fingerprint density at radius 1 is 1.00 bits per heavy atom. The molecular formula is C15H19NO. The van der Waals surface area contributed by atoms with Crippen LogP contribution < -0.4 is 5.73 Å². The van der Waals surface area contributed by atoms with Gasteiger partial charge in [0.2, 0.25) is 0 Å². The third-order valence-corrected chi connectivity index (χ3v) is 3.15. The van der Waals surface area contributed by atoms with Crippen molar-refractivity contribution >= 4 is 0 Å². The zero-order valence-electron chi connectivity index (χ0n) is 10.6. The first-order valence-corrected chi connectivity index (χ1v) is 5.99. The number of rotatable bonds is 3. The normalized spacial score (nSPS) is 13.0. The van der Waals surface area contributed by atoms with E-state index in [0.717, 1.165) is 16.9 Å². The van der Waals surface area contributed by atoms with Crippen LogP contribution in [0.1, 0.15) is 48.3 Å². The second kappa shape index (κ2) is 4.76. The van der Waals surface area contributed by atoms with Gasteiger partial charge >= 0.3 is 0 Å². The van der Waals surface area contributed by atoms with Crippen molar-refractivity contribution in [3.8, 4) is 0 Å². The number of furan rings is 1. The van der Waals surface area contributed by atoms with Gasteiger partial charge in [0, 0.05) is 0 Å². The highest BCUT2D eigenvalue weighted by Gasteiger charge is 2.14. The van der Waals surface area contributed by atoms with Crippen LogP contribution in [-0.4, -0.2) is 0 Å². The second-order valence-electron chi connectivity index (χ2n) is 4.77. The molecule has 1 atom stereocenters. The lowest BCUT2D eigenvalue weighted by Gasteiger charge is -2.12. The van der Waals surface area contributed by atoms with Crippen molar-refractivity contribution in [2.24, 2.45) is 5.73 Å². The Morgan fingerprint density at radius 2 is 1.59 bits per heavy atom. The number of aryl methyl sites for hydroxylation is 1. The van der Waals surface area contributed by atoms with E-state index in [0.29, 0.717) is 5.92 Å². The molecular weight excluding hydrogens is 210 g/mol. The van der Waals surface area contributed by atoms with Gasteiger partial charge in [-0.2, -0.15) is 0 Å². The fraction of sp³-hybridized carbons (Fsp3) is 0.333. The summed E-state index contributed by atoms with van der Waals surface area (Å²) < 4.78 is 5.43. The number of nitrogens with two attached hydrogens (primary N) is 1. The van der Waals surface area contributed by atoms with E-state index in [1.54, 1.807) is 6.26 Å². The number of benzene rings is 1. The molecule has 0 spiro atoms. The molecule has 0 saturated heterocycles. The predicted octanol–water partition coefficient (Wildman–Crippen LogP) is 3.76. The monoisotopic (exact) mass is 229 g/mol. The second-order valence-corrected chi connectivity index (χ2v) is 4.77. The zero-order chi connectivity index (χ0) is 12.4. The number of hydrogen-bond donors (Lipinski definition) is 1. The van der Waals surface area contributed by atoms with Gasteiger partial charge in [0.05, 0.1) is 12.3 Å². The van der Waals surface area contributed by atoms with E-state index < -0.39 is 0 Å². The molecule has 1 aromatic heterocycles. The molecule has 0 aliphatic heterocycles. The Hall–Kier alpha value is -1.54. The van der Waals surface area contributed by atoms with Gasteiger partial charge in [-0.1, -0.05) is 38.1 Å². The maximum Gasteiger partial charge on any atom is 0.127 e. The summed E-state index contributed by atoms with van der Waals surface area (Å²) in [7, 11) is 0. The maximum absolute atomic E-state index is 6.19. The lowest BCUT2D eigenvalue weighted by atomic mass is 9.97. The molecule has 2 rings (SSSR count). The number of hydrogen-bond acceptors (Lipinski definition) is 2. The summed E-state index contributed by atoms with van der Waals surface area (Å²) in [6.07, 6.45) is 1.69. The van der Waals surface area contributed by atoms with Gasteiger partial charge in [0.15, 0.2) is 0 Å². The van der Waals surface area contributed by atoms with Gasteiger partial charge in [-0.25, -0.2) is 0 Å². The van der Waals surface area contributed by atoms with Crippen molar-refractivity contribution in [1.82, 2.24) is 0 Å². The van der Waals surface area contributed by atoms with Crippen LogP contribution in [0.15, 0.2) is 41.0 Å². The molecule has 90 valence electrons. The van der Waals surface area contributed by atoms with Crippen molar-refractivity contribution in [3.63, 3.8) is 0 Å². The van der Waals surface area contributed by atoms with E-state index in [1.165, 1.54) is 5.56 Å². The van der Waals surface area contributed by atoms with Crippen molar-refractivity contribution in [2.75, 3.05) is 0 Å². The minimum atomic E-state index is -0.175. The fourth-order valence-electron chi connectivity index (χ4n) is 1.94. The van der Waals surface area contributed by atoms with Crippen molar-refractivity contribution in [2.45, 2.75) is 32.7 Å². The molecule has 2 N–H and O–H groups in total. The quantitative estimate of drug-likeness (QED) is 0.870. The van der Waals surface area contributed by atoms with Crippen LogP contribution in [0.2, 0.25) is 0 Å². The summed E-state index contributed by atoms with van der Waals surface area (Å²) in [5.74, 6) is 1.40. The molecule has 1 unspecified atom stereocenters. The largest absolute Gasteiger partial charge is 0.467 e. The van der Waals surface area contributed by atoms with Crippen molar-refractivity contribution < 1.29 is 4.42 Å². The van der Waals surface area contributed by atoms with E-state index >= 15 is 0 Å². The van der Waals surface area contributed by atoms with Crippen LogP contribution in [0.5, 0.6) is 0 Å². The van der Waals surface area contributed by atoms with E-state index in [2.05, 4.69) is 38.1 Å². The first-order valence-electron chi connectivity index (χ1n) is 5.99. The predicted molar refractivity (Wildman–Crippen MR) is 70.0 cm³/mol. The molecule has 0 radical (unpaired) electrons. The highest BCUT2D eigenvalue weighted by atomic mass is 16.3. The highest BCUT2D eigenvalue weighted by molar-refractivity contribution is 5.33. The first-order chi connectivity index (χ1) is 8.09. The molecule has 2 nitrogen and oxygen atoms in total. The van der Waals surface area contributed by atoms with Crippen molar-refractivity contribution in [3.05, 3.63) is 59.0 Å². The molecule has 17 heavy (non-hydrogen) atoms. The van der Waals surface area contributed by atoms with E-state index in [9.17, 15) is 0 Å². The molecule has 1 heterocycles. The van der Waals surface area contributed by atoms with Crippen LogP contribution in [0.4, 0.5) is 0 Å². The van der Waals surface area contributed by atoms with Crippen LogP contribution in [-0.2, 0) is 0 Å². The molecule has 0 bridgehead atoms. The molecule has 0 aliphatic carbocycles. The summed E-state index contributed by atoms with van der Waals surface area (Å²) in [5, 5.41) is 0. The minimum Gasteiger partial charge on any atom is -0.467 e. The molecule has 2 heteroatoms. The van der Waals surface area contributed by atoms with Gasteiger partial charge in [-0.3, -0.25) is 0 Å². The standard InChI is InChI=1S/C15H19NO/c1-10(2)12-4-6-13(7-5-12)14(16)15-11(3)8-9-17-15/h4-10,14H,16H2,1-3H3. The van der Waals surface area contributed by atoms with Gasteiger partial charge in [0.25, 0.3) is 0 Å². The summed E-state index contributed by atoms with van der Waals surface area (Å²) in [4.78, 5) is 0. The summed E-state index contributed by atoms with van der Waals surface area (Å²) in [6, 6.07) is 10.2. The summed E-state index contributed by atoms with van der Waals surface area (Å²) >= 11 is 0. The highest BCUT2D eigenvalue weighted by Crippen LogP contribution is 2.24. The molecule has 0 saturated carbocycles. The Bertz CT molecular complexity index is 482. The van der Waals surface area contributed by atoms with Gasteiger partial charge < -0.3 is 10.2 Å². The topological polar surface area (TPSA) is 39.2 Å². The van der Waals surface area contributed by atoms with Crippen molar-refractivity contribution in [1.29, 1.82) is 0 Å². The van der Waals surface area contributed by atoms with Crippen LogP contribution in [0, 0.1) is 6.92 Å². The summed E-state index contributed by atoms with van der Waals surface area (Å²) in [5.41, 5.74) is 9.72. The molecule has 2 aromatic rings. The Balaban J connectivity index is 2.26. The zero-order valence-corrected chi connectivity index (χ0v) is 10.6. The van der Waals surface area contributed by atoms with E-state index in [-0.39, 0.29) is 6.04 Å². The molecule has 0 amide bonds. The average Bonchev–Trinajstić information content (AvgIpc) is 2.74. The third kappa shape index (κ3) is 2.42. The molecule has 0 aliphatic rings. The van der Waals surface area contributed by atoms with Crippen LogP contribution in [0.3, 0.4) is 0 Å². The maximum atomic E-state index is 6.19. The molecule has 1 aromatic carbocycles. The van der Waals surface area contributed by atoms with E-state index in [4.69, 9.17) is 10.2 Å². The van der Waals surface area contributed by atoms with E-state index in [1.807, 2.05) is 13.0 Å². The van der Waals surface area contributed by atoms with Gasteiger partial charge in [0.1, 0.15) is 5.76 Å². The summed E-state index contributed by atoms with van der Waals surface area (Å²) in [6.45, 7) is 6.39. The van der Waals surface area contributed by atoms with Crippen LogP contribution >= 0.6 is 0 Å². The Labute approximate surface area is 102 Å². The van der Waals surface area contributed by atoms with Crippen LogP contribution in [0.25, 0.3) is 0 Å². The Morgan fingerprint density at radius 3 is 2.06 bits per heavy atom. The third-order valence-electron chi connectivity index (χ3n) is 3.15. The van der Waals surface area contributed by atoms with Gasteiger partial charge in [-0.05, 0) is 35.6 Å². The fourth-order valence-corrected chi connectivity index (χ4v) is 1.94. The first kappa shape index (κ1) is 11.9. The SMILES string of the molecule is Cc1ccoc1C(N)c1ccc(C(C)C)cc1. The lowest BCUT2D eigenvalue weighted by Crippen LogP contribution is -2.12. The lowest BCUT2D eigenvalue weighted by molar-refractivity contribution is 0.487. The van der Waals surface area contributed by atoms with Gasteiger partial charge in [-0.15, -0.1) is 0 Å². The smallest absolute Gasteiger partial charge is 0.127 e.